The summed E-state index contributed by atoms with van der Waals surface area (Å²) in [5, 5.41) is 21.5. The number of fused-ring (bicyclic) bond motifs is 10. The third kappa shape index (κ3) is 3.36. The molecule has 0 aliphatic heterocycles. The van der Waals surface area contributed by atoms with Crippen LogP contribution in [-0.4, -0.2) is 0 Å². The molecule has 42 heavy (non-hydrogen) atoms. The second kappa shape index (κ2) is 9.03. The van der Waals surface area contributed by atoms with E-state index in [1.165, 1.54) is 86.2 Å². The standard InChI is InChI=1S/C22H14.C20H12/c1-2-8-16-14-22-20-12-6-4-10-18(20)17-9-3-5-11-19(17)21(22)13-15(16)7-1;1-2-8-16-15(7-1)17-9-3-5-13-11-12-14-6-4-10-18(16)20(14)19(13)17/h1-14H;1-12H. The molecule has 10 aromatic carbocycles. The molecular formula is C42H26. The minimum absolute atomic E-state index is 1.30. The maximum absolute atomic E-state index is 2.33. The lowest BCUT2D eigenvalue weighted by Gasteiger charge is -2.14. The number of hydrogen-bond acceptors (Lipinski definition) is 0. The molecule has 0 N–H and O–H groups in total. The van der Waals surface area contributed by atoms with E-state index in [2.05, 4.69) is 158 Å². The fourth-order valence-corrected chi connectivity index (χ4v) is 7.15. The van der Waals surface area contributed by atoms with Crippen LogP contribution < -0.4 is 0 Å². The van der Waals surface area contributed by atoms with Crippen LogP contribution in [0.3, 0.4) is 0 Å². The lowest BCUT2D eigenvalue weighted by molar-refractivity contribution is 1.78. The van der Waals surface area contributed by atoms with Gasteiger partial charge in [-0.15, -0.1) is 0 Å². The SMILES string of the molecule is c1ccc2c(c1)c1cccc3ccc4cccc2c4c31.c1ccc2cc3c4ccccc4c4ccccc4c3cc2c1. The summed E-state index contributed by atoms with van der Waals surface area (Å²) in [6.07, 6.45) is 0. The Morgan fingerprint density at radius 3 is 0.881 bits per heavy atom. The highest BCUT2D eigenvalue weighted by Gasteiger charge is 2.12. The minimum atomic E-state index is 1.30. The van der Waals surface area contributed by atoms with Gasteiger partial charge in [-0.05, 0) is 98.3 Å². The van der Waals surface area contributed by atoms with E-state index in [1.807, 2.05) is 0 Å². The first-order valence-electron chi connectivity index (χ1n) is 14.6. The second-order valence-corrected chi connectivity index (χ2v) is 11.3. The van der Waals surface area contributed by atoms with Crippen molar-refractivity contribution >= 4 is 86.2 Å². The Bertz CT molecular complexity index is 2440. The lowest BCUT2D eigenvalue weighted by Crippen LogP contribution is -1.86. The Labute approximate surface area is 243 Å². The molecule has 0 heteroatoms. The molecule has 10 rings (SSSR count). The molecule has 0 aliphatic rings. The maximum atomic E-state index is 2.33. The molecule has 0 saturated heterocycles. The summed E-state index contributed by atoms with van der Waals surface area (Å²) in [4.78, 5) is 0. The molecule has 0 radical (unpaired) electrons. The van der Waals surface area contributed by atoms with Crippen LogP contribution in [0.2, 0.25) is 0 Å². The second-order valence-electron chi connectivity index (χ2n) is 11.3. The van der Waals surface area contributed by atoms with Gasteiger partial charge in [0, 0.05) is 0 Å². The van der Waals surface area contributed by atoms with Crippen molar-refractivity contribution in [1.29, 1.82) is 0 Å². The molecule has 0 bridgehead atoms. The van der Waals surface area contributed by atoms with Crippen LogP contribution in [-0.2, 0) is 0 Å². The third-order valence-corrected chi connectivity index (χ3v) is 9.00. The first-order valence-corrected chi connectivity index (χ1v) is 14.6. The normalized spacial score (nSPS) is 11.8. The molecule has 0 unspecified atom stereocenters. The topological polar surface area (TPSA) is 0 Å². The highest BCUT2D eigenvalue weighted by molar-refractivity contribution is 6.33. The van der Waals surface area contributed by atoms with Gasteiger partial charge in [0.1, 0.15) is 0 Å². The molecule has 10 aromatic rings. The molecule has 0 nitrogen and oxygen atoms in total. The van der Waals surface area contributed by atoms with E-state index in [-0.39, 0.29) is 0 Å². The van der Waals surface area contributed by atoms with Gasteiger partial charge in [-0.1, -0.05) is 146 Å². The predicted molar refractivity (Wildman–Crippen MR) is 184 cm³/mol. The molecule has 0 amide bonds. The Balaban J connectivity index is 0.000000120. The average Bonchev–Trinajstić information content (AvgIpc) is 3.07. The summed E-state index contributed by atoms with van der Waals surface area (Å²) in [7, 11) is 0. The van der Waals surface area contributed by atoms with Crippen molar-refractivity contribution in [2.75, 3.05) is 0 Å². The van der Waals surface area contributed by atoms with E-state index in [0.717, 1.165) is 0 Å². The van der Waals surface area contributed by atoms with Gasteiger partial charge in [0.05, 0.1) is 0 Å². The Morgan fingerprint density at radius 1 is 0.190 bits per heavy atom. The van der Waals surface area contributed by atoms with E-state index in [0.29, 0.717) is 0 Å². The van der Waals surface area contributed by atoms with Crippen LogP contribution in [0, 0.1) is 0 Å². The van der Waals surface area contributed by atoms with Crippen LogP contribution in [0.4, 0.5) is 0 Å². The molecule has 0 heterocycles. The van der Waals surface area contributed by atoms with Crippen molar-refractivity contribution in [3.8, 4) is 0 Å². The van der Waals surface area contributed by atoms with Gasteiger partial charge in [0.25, 0.3) is 0 Å². The first-order chi connectivity index (χ1) is 20.8. The fraction of sp³-hybridized carbons (Fsp3) is 0. The molecular weight excluding hydrogens is 504 g/mol. The molecule has 0 aliphatic carbocycles. The molecule has 0 saturated carbocycles. The van der Waals surface area contributed by atoms with Gasteiger partial charge < -0.3 is 0 Å². The molecule has 0 aromatic heterocycles. The molecule has 194 valence electrons. The molecule has 0 atom stereocenters. The quantitative estimate of drug-likeness (QED) is 0.135. The summed E-state index contributed by atoms with van der Waals surface area (Å²) < 4.78 is 0. The van der Waals surface area contributed by atoms with Crippen LogP contribution in [0.15, 0.2) is 158 Å². The number of hydrogen-bond donors (Lipinski definition) is 0. The van der Waals surface area contributed by atoms with Crippen molar-refractivity contribution in [3.05, 3.63) is 158 Å². The van der Waals surface area contributed by atoms with Gasteiger partial charge in [-0.3, -0.25) is 0 Å². The van der Waals surface area contributed by atoms with Crippen molar-refractivity contribution in [2.45, 2.75) is 0 Å². The van der Waals surface area contributed by atoms with Crippen LogP contribution in [0.5, 0.6) is 0 Å². The van der Waals surface area contributed by atoms with E-state index < -0.39 is 0 Å². The van der Waals surface area contributed by atoms with Crippen LogP contribution in [0.25, 0.3) is 86.2 Å². The van der Waals surface area contributed by atoms with Gasteiger partial charge in [0.15, 0.2) is 0 Å². The highest BCUT2D eigenvalue weighted by atomic mass is 14.2. The minimum Gasteiger partial charge on any atom is -0.0616 e. The van der Waals surface area contributed by atoms with Gasteiger partial charge in [-0.2, -0.15) is 0 Å². The number of benzene rings is 10. The fourth-order valence-electron chi connectivity index (χ4n) is 7.15. The summed E-state index contributed by atoms with van der Waals surface area (Å²) >= 11 is 0. The zero-order chi connectivity index (χ0) is 27.6. The van der Waals surface area contributed by atoms with Crippen molar-refractivity contribution < 1.29 is 0 Å². The van der Waals surface area contributed by atoms with E-state index in [9.17, 15) is 0 Å². The van der Waals surface area contributed by atoms with E-state index >= 15 is 0 Å². The third-order valence-electron chi connectivity index (χ3n) is 9.00. The molecule has 0 spiro atoms. The van der Waals surface area contributed by atoms with Gasteiger partial charge >= 0.3 is 0 Å². The molecule has 0 fully saturated rings. The van der Waals surface area contributed by atoms with Gasteiger partial charge in [-0.25, -0.2) is 0 Å². The Morgan fingerprint density at radius 2 is 0.476 bits per heavy atom. The smallest absolute Gasteiger partial charge is 0.00203 e. The van der Waals surface area contributed by atoms with Crippen LogP contribution in [0.1, 0.15) is 0 Å². The van der Waals surface area contributed by atoms with Crippen molar-refractivity contribution in [1.82, 2.24) is 0 Å². The summed E-state index contributed by atoms with van der Waals surface area (Å²) in [6.45, 7) is 0. The number of rotatable bonds is 0. The summed E-state index contributed by atoms with van der Waals surface area (Å²) in [5.74, 6) is 0. The van der Waals surface area contributed by atoms with E-state index in [1.54, 1.807) is 0 Å². The van der Waals surface area contributed by atoms with Gasteiger partial charge in [0.2, 0.25) is 0 Å². The van der Waals surface area contributed by atoms with Crippen molar-refractivity contribution in [3.63, 3.8) is 0 Å². The van der Waals surface area contributed by atoms with Crippen molar-refractivity contribution in [2.24, 2.45) is 0 Å². The summed E-state index contributed by atoms with van der Waals surface area (Å²) in [5.41, 5.74) is 0. The lowest BCUT2D eigenvalue weighted by atomic mass is 9.89. The zero-order valence-corrected chi connectivity index (χ0v) is 23.0. The highest BCUT2D eigenvalue weighted by Crippen LogP contribution is 2.40. The largest absolute Gasteiger partial charge is 0.0616 e. The Kier molecular flexibility index (Phi) is 5.00. The summed E-state index contributed by atoms with van der Waals surface area (Å²) in [6, 6.07) is 57.1. The predicted octanol–water partition coefficient (Wildman–Crippen LogP) is 12.0. The average molecular weight is 531 g/mol. The maximum Gasteiger partial charge on any atom is -0.00203 e. The Hall–Kier alpha value is -5.46. The zero-order valence-electron chi connectivity index (χ0n) is 23.0. The van der Waals surface area contributed by atoms with E-state index in [4.69, 9.17) is 0 Å². The van der Waals surface area contributed by atoms with Crippen LogP contribution >= 0.6 is 0 Å². The first kappa shape index (κ1) is 23.3. The monoisotopic (exact) mass is 530 g/mol.